The molecular formula is C11H17N3O. The van der Waals surface area contributed by atoms with Crippen LogP contribution in [0.1, 0.15) is 12.6 Å². The van der Waals surface area contributed by atoms with E-state index in [1.165, 1.54) is 0 Å². The molecule has 0 saturated heterocycles. The molecule has 0 spiro atoms. The summed E-state index contributed by atoms with van der Waals surface area (Å²) in [5.74, 6) is 0.0358. The minimum absolute atomic E-state index is 0.0151. The summed E-state index contributed by atoms with van der Waals surface area (Å²) >= 11 is 0. The average Bonchev–Trinajstić information content (AvgIpc) is 2.27. The van der Waals surface area contributed by atoms with Crippen LogP contribution >= 0.6 is 0 Å². The van der Waals surface area contributed by atoms with Crippen molar-refractivity contribution in [3.8, 4) is 0 Å². The van der Waals surface area contributed by atoms with E-state index < -0.39 is 0 Å². The fourth-order valence-corrected chi connectivity index (χ4v) is 1.25. The van der Waals surface area contributed by atoms with E-state index in [0.717, 1.165) is 5.69 Å². The smallest absolute Gasteiger partial charge is 0.224 e. The Kier molecular flexibility index (Phi) is 4.77. The maximum Gasteiger partial charge on any atom is 0.224 e. The lowest BCUT2D eigenvalue weighted by atomic mass is 10.1. The highest BCUT2D eigenvalue weighted by molar-refractivity contribution is 5.78. The van der Waals surface area contributed by atoms with Crippen molar-refractivity contribution in [2.75, 3.05) is 13.6 Å². The van der Waals surface area contributed by atoms with Gasteiger partial charge in [-0.2, -0.15) is 0 Å². The number of hydrogen-bond acceptors (Lipinski definition) is 3. The van der Waals surface area contributed by atoms with Crippen LogP contribution in [0.25, 0.3) is 0 Å². The van der Waals surface area contributed by atoms with Gasteiger partial charge in [0.2, 0.25) is 5.91 Å². The predicted molar refractivity (Wildman–Crippen MR) is 59.2 cm³/mol. The molecule has 2 N–H and O–H groups in total. The monoisotopic (exact) mass is 207 g/mol. The summed E-state index contributed by atoms with van der Waals surface area (Å²) < 4.78 is 0. The molecule has 1 rings (SSSR count). The molecule has 0 aliphatic carbocycles. The Labute approximate surface area is 90.1 Å². The standard InChI is InChI=1S/C11H17N3O/c1-9(7-12-2)11(15)14-8-10-5-3-4-6-13-10/h3-6,9,12H,7-8H2,1-2H3,(H,14,15). The Morgan fingerprint density at radius 1 is 1.53 bits per heavy atom. The predicted octanol–water partition coefficient (Wildman–Crippen LogP) is 0.553. The Bertz CT molecular complexity index is 300. The van der Waals surface area contributed by atoms with Crippen molar-refractivity contribution in [3.05, 3.63) is 30.1 Å². The molecule has 0 saturated carbocycles. The highest BCUT2D eigenvalue weighted by atomic mass is 16.1. The van der Waals surface area contributed by atoms with Crippen molar-refractivity contribution < 1.29 is 4.79 Å². The van der Waals surface area contributed by atoms with Gasteiger partial charge < -0.3 is 10.6 Å². The zero-order valence-electron chi connectivity index (χ0n) is 9.16. The molecule has 1 atom stereocenters. The van der Waals surface area contributed by atoms with E-state index in [-0.39, 0.29) is 11.8 Å². The van der Waals surface area contributed by atoms with Crippen LogP contribution in [0, 0.1) is 5.92 Å². The summed E-state index contributed by atoms with van der Waals surface area (Å²) in [5.41, 5.74) is 0.877. The molecule has 1 heterocycles. The first-order chi connectivity index (χ1) is 7.24. The van der Waals surface area contributed by atoms with E-state index in [0.29, 0.717) is 13.1 Å². The van der Waals surface area contributed by atoms with E-state index in [9.17, 15) is 4.79 Å². The highest BCUT2D eigenvalue weighted by Crippen LogP contribution is 1.95. The second-order valence-corrected chi connectivity index (χ2v) is 3.50. The van der Waals surface area contributed by atoms with Crippen molar-refractivity contribution in [1.82, 2.24) is 15.6 Å². The van der Waals surface area contributed by atoms with Gasteiger partial charge in [-0.05, 0) is 19.2 Å². The second kappa shape index (κ2) is 6.14. The van der Waals surface area contributed by atoms with Gasteiger partial charge in [-0.1, -0.05) is 13.0 Å². The molecule has 0 aromatic carbocycles. The number of amides is 1. The third kappa shape index (κ3) is 4.08. The normalized spacial score (nSPS) is 12.1. The molecule has 82 valence electrons. The largest absolute Gasteiger partial charge is 0.350 e. The van der Waals surface area contributed by atoms with Gasteiger partial charge in [0.25, 0.3) is 0 Å². The van der Waals surface area contributed by atoms with Crippen LogP contribution < -0.4 is 10.6 Å². The SMILES string of the molecule is CNCC(C)C(=O)NCc1ccccn1. The summed E-state index contributed by atoms with van der Waals surface area (Å²) in [6.45, 7) is 3.08. The Hall–Kier alpha value is -1.42. The quantitative estimate of drug-likeness (QED) is 0.741. The number of nitrogens with one attached hydrogen (secondary N) is 2. The van der Waals surface area contributed by atoms with E-state index >= 15 is 0 Å². The topological polar surface area (TPSA) is 54.0 Å². The lowest BCUT2D eigenvalue weighted by Crippen LogP contribution is -2.34. The van der Waals surface area contributed by atoms with Crippen LogP contribution in [-0.4, -0.2) is 24.5 Å². The van der Waals surface area contributed by atoms with Gasteiger partial charge in [0, 0.05) is 18.7 Å². The van der Waals surface area contributed by atoms with Crippen LogP contribution in [0.4, 0.5) is 0 Å². The first-order valence-corrected chi connectivity index (χ1v) is 5.06. The third-order valence-electron chi connectivity index (χ3n) is 2.13. The molecule has 4 nitrogen and oxygen atoms in total. The number of rotatable bonds is 5. The first kappa shape index (κ1) is 11.7. The van der Waals surface area contributed by atoms with Gasteiger partial charge in [0.1, 0.15) is 0 Å². The summed E-state index contributed by atoms with van der Waals surface area (Å²) in [4.78, 5) is 15.7. The number of carbonyl (C=O) groups excluding carboxylic acids is 1. The zero-order valence-corrected chi connectivity index (χ0v) is 9.16. The van der Waals surface area contributed by atoms with E-state index in [1.807, 2.05) is 32.2 Å². The molecule has 0 radical (unpaired) electrons. The Balaban J connectivity index is 2.34. The fraction of sp³-hybridized carbons (Fsp3) is 0.455. The molecule has 0 bridgehead atoms. The van der Waals surface area contributed by atoms with Gasteiger partial charge in [-0.25, -0.2) is 0 Å². The van der Waals surface area contributed by atoms with Crippen molar-refractivity contribution in [1.29, 1.82) is 0 Å². The van der Waals surface area contributed by atoms with Crippen molar-refractivity contribution >= 4 is 5.91 Å². The second-order valence-electron chi connectivity index (χ2n) is 3.50. The van der Waals surface area contributed by atoms with Crippen LogP contribution in [0.3, 0.4) is 0 Å². The summed E-state index contributed by atoms with van der Waals surface area (Å²) in [5, 5.41) is 5.81. The lowest BCUT2D eigenvalue weighted by Gasteiger charge is -2.10. The molecule has 1 amide bonds. The Morgan fingerprint density at radius 3 is 2.93 bits per heavy atom. The average molecular weight is 207 g/mol. The summed E-state index contributed by atoms with van der Waals surface area (Å²) in [7, 11) is 1.84. The highest BCUT2D eigenvalue weighted by Gasteiger charge is 2.10. The fourth-order valence-electron chi connectivity index (χ4n) is 1.25. The molecule has 15 heavy (non-hydrogen) atoms. The van der Waals surface area contributed by atoms with Crippen LogP contribution in [-0.2, 0) is 11.3 Å². The van der Waals surface area contributed by atoms with Gasteiger partial charge >= 0.3 is 0 Å². The third-order valence-corrected chi connectivity index (χ3v) is 2.13. The van der Waals surface area contributed by atoms with Gasteiger partial charge in [-0.3, -0.25) is 9.78 Å². The number of pyridine rings is 1. The molecule has 0 aliphatic heterocycles. The van der Waals surface area contributed by atoms with Gasteiger partial charge in [0.05, 0.1) is 12.2 Å². The van der Waals surface area contributed by atoms with Crippen molar-refractivity contribution in [2.24, 2.45) is 5.92 Å². The lowest BCUT2D eigenvalue weighted by molar-refractivity contribution is -0.124. The van der Waals surface area contributed by atoms with E-state index in [2.05, 4.69) is 15.6 Å². The minimum Gasteiger partial charge on any atom is -0.350 e. The molecular weight excluding hydrogens is 190 g/mol. The van der Waals surface area contributed by atoms with E-state index in [4.69, 9.17) is 0 Å². The van der Waals surface area contributed by atoms with E-state index in [1.54, 1.807) is 6.20 Å². The zero-order chi connectivity index (χ0) is 11.1. The van der Waals surface area contributed by atoms with Crippen molar-refractivity contribution in [3.63, 3.8) is 0 Å². The number of carbonyl (C=O) groups is 1. The van der Waals surface area contributed by atoms with Crippen LogP contribution in [0.2, 0.25) is 0 Å². The van der Waals surface area contributed by atoms with Crippen LogP contribution in [0.5, 0.6) is 0 Å². The molecule has 1 unspecified atom stereocenters. The van der Waals surface area contributed by atoms with Crippen molar-refractivity contribution in [2.45, 2.75) is 13.5 Å². The molecule has 0 aliphatic rings. The van der Waals surface area contributed by atoms with Gasteiger partial charge in [-0.15, -0.1) is 0 Å². The molecule has 1 aromatic heterocycles. The maximum atomic E-state index is 11.5. The molecule has 0 fully saturated rings. The van der Waals surface area contributed by atoms with Gasteiger partial charge in [0.15, 0.2) is 0 Å². The first-order valence-electron chi connectivity index (χ1n) is 5.06. The Morgan fingerprint density at radius 2 is 2.33 bits per heavy atom. The van der Waals surface area contributed by atoms with Crippen LogP contribution in [0.15, 0.2) is 24.4 Å². The molecule has 4 heteroatoms. The number of hydrogen-bond donors (Lipinski definition) is 2. The number of aromatic nitrogens is 1. The maximum absolute atomic E-state index is 11.5. The number of nitrogens with zero attached hydrogens (tertiary/aromatic N) is 1. The summed E-state index contributed by atoms with van der Waals surface area (Å²) in [6.07, 6.45) is 1.72. The molecule has 1 aromatic rings. The summed E-state index contributed by atoms with van der Waals surface area (Å²) in [6, 6.07) is 5.66. The minimum atomic E-state index is -0.0151.